The number of hydrogen-bond donors (Lipinski definition) is 10. The van der Waals surface area contributed by atoms with Gasteiger partial charge in [0.25, 0.3) is 0 Å². The Morgan fingerprint density at radius 2 is 1.25 bits per heavy atom. The predicted molar refractivity (Wildman–Crippen MR) is 226 cm³/mol. The lowest BCUT2D eigenvalue weighted by atomic mass is 9.79. The summed E-state index contributed by atoms with van der Waals surface area (Å²) in [6.07, 6.45) is -14.2. The summed E-state index contributed by atoms with van der Waals surface area (Å²) in [7, 11) is 2.29. The van der Waals surface area contributed by atoms with E-state index in [0.717, 1.165) is 13.4 Å². The molecular formula is C45H66O23. The number of hydrogen-bond acceptors (Lipinski definition) is 23. The maximum absolute atomic E-state index is 13.6. The third kappa shape index (κ3) is 12.1. The van der Waals surface area contributed by atoms with Crippen LogP contribution in [-0.2, 0) is 61.8 Å². The van der Waals surface area contributed by atoms with Gasteiger partial charge < -0.3 is 93.7 Å². The van der Waals surface area contributed by atoms with Crippen LogP contribution in [0.3, 0.4) is 0 Å². The summed E-state index contributed by atoms with van der Waals surface area (Å²) in [5, 5.41) is 103. The third-order valence-electron chi connectivity index (χ3n) is 13.5. The van der Waals surface area contributed by atoms with E-state index in [0.29, 0.717) is 5.57 Å². The summed E-state index contributed by atoms with van der Waals surface area (Å²) in [5.41, 5.74) is 0.625. The number of carbonyl (C=O) groups is 4. The fourth-order valence-corrected chi connectivity index (χ4v) is 9.72. The second-order valence-corrected chi connectivity index (χ2v) is 17.5. The van der Waals surface area contributed by atoms with Crippen molar-refractivity contribution in [3.63, 3.8) is 0 Å². The summed E-state index contributed by atoms with van der Waals surface area (Å²) in [5.74, 6) is -7.62. The molecule has 0 spiro atoms. The predicted octanol–water partition coefficient (Wildman–Crippen LogP) is -2.86. The molecule has 68 heavy (non-hydrogen) atoms. The molecule has 2 saturated heterocycles. The van der Waals surface area contributed by atoms with E-state index < -0.39 is 166 Å². The summed E-state index contributed by atoms with van der Waals surface area (Å²) in [6.45, 7) is 2.43. The van der Waals surface area contributed by atoms with Crippen LogP contribution in [-0.4, -0.2) is 202 Å². The monoisotopic (exact) mass is 974 g/mol. The molecule has 0 aromatic heterocycles. The van der Waals surface area contributed by atoms with Gasteiger partial charge in [-0.2, -0.15) is 0 Å². The number of carbonyl (C=O) groups excluding carboxylic acids is 4. The second kappa shape index (κ2) is 24.8. The van der Waals surface area contributed by atoms with Gasteiger partial charge in [0.2, 0.25) is 6.29 Å². The number of aliphatic hydroxyl groups excluding tert-OH is 10. The molecule has 0 bridgehead atoms. The number of allylic oxidation sites excluding steroid dienone is 2. The van der Waals surface area contributed by atoms with Crippen LogP contribution in [0.15, 0.2) is 46.8 Å². The van der Waals surface area contributed by atoms with Crippen LogP contribution < -0.4 is 0 Å². The van der Waals surface area contributed by atoms with Crippen LogP contribution in [0, 0.1) is 35.5 Å². The lowest BCUT2D eigenvalue weighted by molar-refractivity contribution is -0.327. The molecule has 3 aliphatic heterocycles. The summed E-state index contributed by atoms with van der Waals surface area (Å²) < 4.78 is 49.8. The van der Waals surface area contributed by atoms with Gasteiger partial charge in [-0.25, -0.2) is 9.59 Å². The standard InChI is InChI=1S/C45H66O23/c1-6-21-24(23(41(58)60-4)8-9-29(21)65-44-39(56)37(54)35(52)30(14-47)66-44)11-32(50)62-16-20(13-46)34-26(19(3)10-28(34)49)17-63-33(51)12-25-22(7-2)43(64-18-27(25)42(59)61-5)68-45-40(57)38(55)36(53)31(15-48)67-45/h6-8,18-20,24-26,28-31,34-40,43-49,52-57H,9-17H2,1-5H3. The fraction of sp³-hybridized carbons (Fsp3) is 0.733. The van der Waals surface area contributed by atoms with Crippen molar-refractivity contribution in [2.24, 2.45) is 35.5 Å². The van der Waals surface area contributed by atoms with Gasteiger partial charge in [-0.1, -0.05) is 25.2 Å². The average molecular weight is 975 g/mol. The van der Waals surface area contributed by atoms with Crippen molar-refractivity contribution in [1.82, 2.24) is 0 Å². The largest absolute Gasteiger partial charge is 0.468 e. The van der Waals surface area contributed by atoms with E-state index >= 15 is 0 Å². The van der Waals surface area contributed by atoms with Crippen LogP contribution >= 0.6 is 0 Å². The number of aliphatic hydroxyl groups is 10. The number of ether oxygens (including phenoxy) is 9. The molecule has 5 aliphatic rings. The van der Waals surface area contributed by atoms with Crippen molar-refractivity contribution in [2.45, 2.75) is 126 Å². The highest BCUT2D eigenvalue weighted by atomic mass is 16.8. The SMILES string of the molecule is CC=C1C(OC2OC(CO)C(O)C(O)C2O)CC=C(C(=O)OC)C1CC(=O)OCC(CO)C1C(O)CC(C)C1COC(=O)CC1C(C(=O)OC)=COC(OC2OC(CO)C(O)C(O)C2O)C1=CC. The minimum absolute atomic E-state index is 0.0517. The Morgan fingerprint density at radius 1 is 0.721 bits per heavy atom. The zero-order valence-corrected chi connectivity index (χ0v) is 38.4. The first-order valence-electron chi connectivity index (χ1n) is 22.5. The van der Waals surface area contributed by atoms with Crippen molar-refractivity contribution in [1.29, 1.82) is 0 Å². The first-order chi connectivity index (χ1) is 32.4. The van der Waals surface area contributed by atoms with E-state index in [4.69, 9.17) is 42.6 Å². The molecule has 0 radical (unpaired) electrons. The van der Waals surface area contributed by atoms with Gasteiger partial charge in [0, 0.05) is 41.4 Å². The maximum atomic E-state index is 13.6. The number of rotatable bonds is 18. The zero-order chi connectivity index (χ0) is 50.1. The normalized spacial score (nSPS) is 39.0. The van der Waals surface area contributed by atoms with E-state index in [9.17, 15) is 70.2 Å². The molecule has 10 N–H and O–H groups in total. The topological polar surface area (TPSA) is 354 Å². The molecule has 0 aromatic carbocycles. The van der Waals surface area contributed by atoms with Gasteiger partial charge >= 0.3 is 23.9 Å². The van der Waals surface area contributed by atoms with Crippen LogP contribution in [0.2, 0.25) is 0 Å². The minimum atomic E-state index is -1.78. The first-order valence-corrected chi connectivity index (χ1v) is 22.5. The highest BCUT2D eigenvalue weighted by Crippen LogP contribution is 2.43. The lowest BCUT2D eigenvalue weighted by Crippen LogP contribution is -2.60. The first kappa shape index (κ1) is 55.0. The molecule has 19 unspecified atom stereocenters. The molecule has 23 heteroatoms. The van der Waals surface area contributed by atoms with E-state index in [2.05, 4.69) is 0 Å². The van der Waals surface area contributed by atoms with E-state index in [1.807, 2.05) is 6.92 Å². The van der Waals surface area contributed by atoms with Crippen LogP contribution in [0.4, 0.5) is 0 Å². The molecule has 1 saturated carbocycles. The van der Waals surface area contributed by atoms with E-state index in [1.54, 1.807) is 19.9 Å². The fourth-order valence-electron chi connectivity index (χ4n) is 9.72. The molecule has 0 aromatic rings. The van der Waals surface area contributed by atoms with Crippen LogP contribution in [0.25, 0.3) is 0 Å². The van der Waals surface area contributed by atoms with Crippen molar-refractivity contribution >= 4 is 23.9 Å². The quantitative estimate of drug-likeness (QED) is 0.0375. The zero-order valence-electron chi connectivity index (χ0n) is 38.4. The molecule has 384 valence electrons. The van der Waals surface area contributed by atoms with E-state index in [-0.39, 0.29) is 48.7 Å². The van der Waals surface area contributed by atoms with Gasteiger partial charge in [-0.15, -0.1) is 0 Å². The molecule has 19 atom stereocenters. The summed E-state index contributed by atoms with van der Waals surface area (Å²) >= 11 is 0. The van der Waals surface area contributed by atoms with Crippen LogP contribution in [0.1, 0.15) is 46.5 Å². The van der Waals surface area contributed by atoms with Gasteiger partial charge in [0.15, 0.2) is 12.6 Å². The van der Waals surface area contributed by atoms with Gasteiger partial charge in [-0.05, 0) is 44.1 Å². The van der Waals surface area contributed by atoms with Crippen molar-refractivity contribution in [3.05, 3.63) is 46.8 Å². The number of esters is 4. The van der Waals surface area contributed by atoms with Gasteiger partial charge in [0.05, 0.1) is 77.5 Å². The van der Waals surface area contributed by atoms with Gasteiger partial charge in [0.1, 0.15) is 48.8 Å². The van der Waals surface area contributed by atoms with E-state index in [1.165, 1.54) is 19.3 Å². The Bertz CT molecular complexity index is 1860. The molecule has 3 fully saturated rings. The van der Waals surface area contributed by atoms with Crippen molar-refractivity contribution in [2.75, 3.05) is 47.3 Å². The third-order valence-corrected chi connectivity index (χ3v) is 13.5. The van der Waals surface area contributed by atoms with Crippen LogP contribution in [0.5, 0.6) is 0 Å². The maximum Gasteiger partial charge on any atom is 0.337 e. The Morgan fingerprint density at radius 3 is 1.78 bits per heavy atom. The van der Waals surface area contributed by atoms with Gasteiger partial charge in [-0.3, -0.25) is 9.59 Å². The smallest absolute Gasteiger partial charge is 0.337 e. The minimum Gasteiger partial charge on any atom is -0.468 e. The number of methoxy groups -OCH3 is 2. The molecule has 0 amide bonds. The highest BCUT2D eigenvalue weighted by Gasteiger charge is 2.50. The van der Waals surface area contributed by atoms with Crippen molar-refractivity contribution < 1.29 is 113 Å². The Hall–Kier alpha value is -3.92. The molecule has 23 nitrogen and oxygen atoms in total. The summed E-state index contributed by atoms with van der Waals surface area (Å²) in [6, 6.07) is 0. The Labute approximate surface area is 392 Å². The summed E-state index contributed by atoms with van der Waals surface area (Å²) in [4.78, 5) is 53.1. The molecule has 3 heterocycles. The molecule has 5 rings (SSSR count). The average Bonchev–Trinajstić information content (AvgIpc) is 3.61. The Kier molecular flexibility index (Phi) is 20.0. The molecule has 2 aliphatic carbocycles. The highest BCUT2D eigenvalue weighted by molar-refractivity contribution is 5.91. The lowest BCUT2D eigenvalue weighted by Gasteiger charge is -2.42. The Balaban J connectivity index is 1.24. The second-order valence-electron chi connectivity index (χ2n) is 17.5. The molecular weight excluding hydrogens is 908 g/mol. The van der Waals surface area contributed by atoms with Crippen molar-refractivity contribution in [3.8, 4) is 0 Å².